The van der Waals surface area contributed by atoms with E-state index in [1.807, 2.05) is 0 Å². The minimum atomic E-state index is -0.657. The van der Waals surface area contributed by atoms with E-state index >= 15 is 0 Å². The Balaban J connectivity index is 2.22. The first-order chi connectivity index (χ1) is 7.58. The Kier molecular flexibility index (Phi) is 3.48. The van der Waals surface area contributed by atoms with Gasteiger partial charge in [0.1, 0.15) is 4.21 Å². The van der Waals surface area contributed by atoms with Crippen LogP contribution in [0, 0.1) is 10.1 Å². The van der Waals surface area contributed by atoms with Crippen LogP contribution in [0.4, 0.5) is 5.69 Å². The van der Waals surface area contributed by atoms with E-state index in [4.69, 9.17) is 4.74 Å². The number of aliphatic hydroxyl groups excluding tert-OH is 1. The summed E-state index contributed by atoms with van der Waals surface area (Å²) in [5.41, 5.74) is 0.0952. The highest BCUT2D eigenvalue weighted by Crippen LogP contribution is 2.42. The SMILES string of the molecule is C[C@H](O)c1cc([N+](=O)[O-])c(SC2COC2)s1. The maximum atomic E-state index is 10.8. The fourth-order valence-electron chi connectivity index (χ4n) is 1.23. The van der Waals surface area contributed by atoms with Crippen molar-refractivity contribution in [2.24, 2.45) is 0 Å². The third-order valence-corrected chi connectivity index (χ3v) is 4.84. The predicted molar refractivity (Wildman–Crippen MR) is 62.1 cm³/mol. The first-order valence-electron chi connectivity index (χ1n) is 4.78. The summed E-state index contributed by atoms with van der Waals surface area (Å²) in [5.74, 6) is 0. The fraction of sp³-hybridized carbons (Fsp3) is 0.556. The molecule has 1 aromatic rings. The molecule has 0 bridgehead atoms. The van der Waals surface area contributed by atoms with Crippen LogP contribution in [0.3, 0.4) is 0 Å². The number of nitro groups is 1. The molecule has 7 heteroatoms. The molecule has 1 saturated heterocycles. The van der Waals surface area contributed by atoms with Gasteiger partial charge in [-0.1, -0.05) is 0 Å². The van der Waals surface area contributed by atoms with Gasteiger partial charge < -0.3 is 9.84 Å². The Hall–Kier alpha value is -0.630. The monoisotopic (exact) mass is 261 g/mol. The van der Waals surface area contributed by atoms with Crippen LogP contribution >= 0.6 is 23.1 Å². The standard InChI is InChI=1S/C9H11NO4S2/c1-5(11)8-2-7(10(12)13)9(16-8)15-6-3-14-4-6/h2,5-6,11H,3-4H2,1H3/t5-/m0/s1. The largest absolute Gasteiger partial charge is 0.388 e. The highest BCUT2D eigenvalue weighted by atomic mass is 32.2. The highest BCUT2D eigenvalue weighted by molar-refractivity contribution is 8.02. The van der Waals surface area contributed by atoms with Crippen molar-refractivity contribution in [2.75, 3.05) is 13.2 Å². The van der Waals surface area contributed by atoms with Crippen LogP contribution in [0.2, 0.25) is 0 Å². The summed E-state index contributed by atoms with van der Waals surface area (Å²) in [6.45, 7) is 2.89. The van der Waals surface area contributed by atoms with Gasteiger partial charge in [0.15, 0.2) is 0 Å². The molecule has 1 aromatic heterocycles. The molecule has 1 aliphatic heterocycles. The lowest BCUT2D eigenvalue weighted by Gasteiger charge is -2.24. The minimum Gasteiger partial charge on any atom is -0.388 e. The van der Waals surface area contributed by atoms with E-state index in [1.165, 1.54) is 29.2 Å². The van der Waals surface area contributed by atoms with Crippen LogP contribution in [-0.4, -0.2) is 28.5 Å². The van der Waals surface area contributed by atoms with Crippen molar-refractivity contribution in [3.8, 4) is 0 Å². The van der Waals surface area contributed by atoms with Gasteiger partial charge in [0, 0.05) is 10.9 Å². The van der Waals surface area contributed by atoms with Crippen molar-refractivity contribution in [3.05, 3.63) is 21.1 Å². The van der Waals surface area contributed by atoms with Gasteiger partial charge in [-0.05, 0) is 6.92 Å². The highest BCUT2D eigenvalue weighted by Gasteiger charge is 2.27. The zero-order chi connectivity index (χ0) is 11.7. The Labute approximate surface area is 101 Å². The van der Waals surface area contributed by atoms with Gasteiger partial charge in [-0.25, -0.2) is 0 Å². The van der Waals surface area contributed by atoms with Crippen molar-refractivity contribution < 1.29 is 14.8 Å². The summed E-state index contributed by atoms with van der Waals surface area (Å²) < 4.78 is 5.69. The van der Waals surface area contributed by atoms with Gasteiger partial charge in [-0.2, -0.15) is 0 Å². The quantitative estimate of drug-likeness (QED) is 0.664. The molecular weight excluding hydrogens is 250 g/mol. The van der Waals surface area contributed by atoms with Crippen molar-refractivity contribution in [1.29, 1.82) is 0 Å². The molecule has 0 saturated carbocycles. The third-order valence-electron chi connectivity index (χ3n) is 2.19. The van der Waals surface area contributed by atoms with Crippen molar-refractivity contribution in [1.82, 2.24) is 0 Å². The third kappa shape index (κ3) is 2.37. The van der Waals surface area contributed by atoms with Gasteiger partial charge in [0.25, 0.3) is 5.69 Å². The molecule has 1 N–H and O–H groups in total. The van der Waals surface area contributed by atoms with E-state index in [2.05, 4.69) is 0 Å². The molecule has 5 nitrogen and oxygen atoms in total. The molecule has 2 rings (SSSR count). The number of thiophene rings is 1. The molecular formula is C9H11NO4S2. The maximum Gasteiger partial charge on any atom is 0.294 e. The van der Waals surface area contributed by atoms with Crippen LogP contribution in [0.15, 0.2) is 10.3 Å². The van der Waals surface area contributed by atoms with Gasteiger partial charge in [-0.3, -0.25) is 10.1 Å². The van der Waals surface area contributed by atoms with Crippen LogP contribution in [0.25, 0.3) is 0 Å². The van der Waals surface area contributed by atoms with E-state index < -0.39 is 11.0 Å². The van der Waals surface area contributed by atoms with Crippen LogP contribution in [0.1, 0.15) is 17.9 Å². The number of ether oxygens (including phenoxy) is 1. The molecule has 1 atom stereocenters. The summed E-state index contributed by atoms with van der Waals surface area (Å²) in [6.07, 6.45) is -0.657. The van der Waals surface area contributed by atoms with Gasteiger partial charge in [0.05, 0.1) is 29.5 Å². The lowest BCUT2D eigenvalue weighted by molar-refractivity contribution is -0.387. The molecule has 0 aromatic carbocycles. The molecule has 0 spiro atoms. The number of nitrogens with zero attached hydrogens (tertiary/aromatic N) is 1. The zero-order valence-corrected chi connectivity index (χ0v) is 10.2. The second-order valence-corrected chi connectivity index (χ2v) is 6.18. The van der Waals surface area contributed by atoms with Crippen LogP contribution in [0.5, 0.6) is 0 Å². The molecule has 88 valence electrons. The van der Waals surface area contributed by atoms with E-state index in [9.17, 15) is 15.2 Å². The predicted octanol–water partition coefficient (Wildman–Crippen LogP) is 2.20. The summed E-state index contributed by atoms with van der Waals surface area (Å²) >= 11 is 2.75. The number of thioether (sulfide) groups is 1. The summed E-state index contributed by atoms with van der Waals surface area (Å²) in [5, 5.41) is 20.5. The first-order valence-corrected chi connectivity index (χ1v) is 6.48. The van der Waals surface area contributed by atoms with E-state index in [-0.39, 0.29) is 5.69 Å². The second kappa shape index (κ2) is 4.70. The summed E-state index contributed by atoms with van der Waals surface area (Å²) in [6, 6.07) is 1.46. The fourth-order valence-corrected chi connectivity index (χ4v) is 3.80. The Morgan fingerprint density at radius 2 is 2.44 bits per heavy atom. The smallest absolute Gasteiger partial charge is 0.294 e. The van der Waals surface area contributed by atoms with E-state index in [0.29, 0.717) is 27.6 Å². The molecule has 0 aliphatic carbocycles. The first kappa shape index (κ1) is 11.8. The average Bonchev–Trinajstić information content (AvgIpc) is 2.55. The lowest BCUT2D eigenvalue weighted by atomic mass is 10.3. The molecule has 2 heterocycles. The molecule has 1 fully saturated rings. The number of hydrogen-bond donors (Lipinski definition) is 1. The second-order valence-electron chi connectivity index (χ2n) is 3.53. The number of rotatable bonds is 4. The van der Waals surface area contributed by atoms with Gasteiger partial charge in [0.2, 0.25) is 0 Å². The van der Waals surface area contributed by atoms with Gasteiger partial charge >= 0.3 is 0 Å². The molecule has 0 unspecified atom stereocenters. The zero-order valence-electron chi connectivity index (χ0n) is 8.58. The van der Waals surface area contributed by atoms with Crippen molar-refractivity contribution in [3.63, 3.8) is 0 Å². The lowest BCUT2D eigenvalue weighted by Crippen LogP contribution is -2.29. The molecule has 0 amide bonds. The normalized spacial score (nSPS) is 18.1. The molecule has 0 radical (unpaired) electrons. The van der Waals surface area contributed by atoms with E-state index in [0.717, 1.165) is 0 Å². The molecule has 1 aliphatic rings. The Morgan fingerprint density at radius 1 is 1.75 bits per heavy atom. The Morgan fingerprint density at radius 3 is 2.88 bits per heavy atom. The maximum absolute atomic E-state index is 10.8. The Bertz CT molecular complexity index is 400. The number of aliphatic hydroxyl groups is 1. The van der Waals surface area contributed by atoms with Crippen LogP contribution < -0.4 is 0 Å². The van der Waals surface area contributed by atoms with Gasteiger partial charge in [-0.15, -0.1) is 23.1 Å². The topological polar surface area (TPSA) is 72.6 Å². The van der Waals surface area contributed by atoms with Crippen LogP contribution in [-0.2, 0) is 4.74 Å². The minimum absolute atomic E-state index is 0.0952. The molecule has 16 heavy (non-hydrogen) atoms. The van der Waals surface area contributed by atoms with Crippen molar-refractivity contribution >= 4 is 28.8 Å². The average molecular weight is 261 g/mol. The summed E-state index contributed by atoms with van der Waals surface area (Å²) in [4.78, 5) is 11.1. The number of hydrogen-bond acceptors (Lipinski definition) is 6. The summed E-state index contributed by atoms with van der Waals surface area (Å²) in [7, 11) is 0. The van der Waals surface area contributed by atoms with E-state index in [1.54, 1.807) is 6.92 Å². The van der Waals surface area contributed by atoms with Crippen molar-refractivity contribution in [2.45, 2.75) is 22.5 Å².